The molecule has 0 radical (unpaired) electrons. The summed E-state index contributed by atoms with van der Waals surface area (Å²) >= 11 is 0. The number of aromatic nitrogens is 1. The number of fused-ring (bicyclic) bond motifs is 1. The highest BCUT2D eigenvalue weighted by atomic mass is 19.1. The van der Waals surface area contributed by atoms with Crippen molar-refractivity contribution in [2.75, 3.05) is 5.32 Å². The normalized spacial score (nSPS) is 19.1. The smallest absolute Gasteiger partial charge is 0.251 e. The molecule has 6 heteroatoms. The van der Waals surface area contributed by atoms with Gasteiger partial charge in [-0.1, -0.05) is 18.2 Å². The van der Waals surface area contributed by atoms with E-state index < -0.39 is 17.5 Å². The third-order valence-electron chi connectivity index (χ3n) is 5.46. The Hall–Kier alpha value is -3.02. The second-order valence-corrected chi connectivity index (χ2v) is 7.67. The molecule has 1 fully saturated rings. The van der Waals surface area contributed by atoms with E-state index in [0.29, 0.717) is 0 Å². The summed E-state index contributed by atoms with van der Waals surface area (Å²) in [6, 6.07) is 13.3. The Morgan fingerprint density at radius 2 is 1.62 bits per heavy atom. The van der Waals surface area contributed by atoms with Crippen molar-refractivity contribution in [3.8, 4) is 0 Å². The fraction of sp³-hybridized carbons (Fsp3) is 0.304. The lowest BCUT2D eigenvalue weighted by molar-refractivity contribution is 0.0925. The lowest BCUT2D eigenvalue weighted by atomic mass is 9.91. The van der Waals surface area contributed by atoms with E-state index in [9.17, 15) is 13.6 Å². The fourth-order valence-corrected chi connectivity index (χ4v) is 3.97. The van der Waals surface area contributed by atoms with E-state index in [2.05, 4.69) is 29.7 Å². The van der Waals surface area contributed by atoms with E-state index in [4.69, 9.17) is 4.98 Å². The van der Waals surface area contributed by atoms with Gasteiger partial charge >= 0.3 is 0 Å². The van der Waals surface area contributed by atoms with Gasteiger partial charge in [-0.3, -0.25) is 4.79 Å². The van der Waals surface area contributed by atoms with E-state index in [1.54, 1.807) is 0 Å². The monoisotopic (exact) mass is 395 g/mol. The second kappa shape index (κ2) is 8.15. The molecule has 1 aromatic heterocycles. The van der Waals surface area contributed by atoms with Crippen molar-refractivity contribution in [3.05, 3.63) is 71.3 Å². The Kier molecular flexibility index (Phi) is 5.43. The first-order chi connectivity index (χ1) is 14.0. The maximum absolute atomic E-state index is 13.3. The standard InChI is InChI=1S/C23H23F2N3O/c1-14-10-22(28-21-5-3-2-4-20(14)21)26-18-6-8-19(9-7-18)27-23(29)15-11-16(24)13-17(25)12-15/h2-5,10-13,18-19H,6-9H2,1H3,(H,26,28)(H,27,29). The number of carbonyl (C=O) groups excluding carboxylic acids is 1. The summed E-state index contributed by atoms with van der Waals surface area (Å²) in [4.78, 5) is 17.0. The van der Waals surface area contributed by atoms with Crippen molar-refractivity contribution in [1.82, 2.24) is 10.3 Å². The van der Waals surface area contributed by atoms with Crippen LogP contribution in [0.4, 0.5) is 14.6 Å². The number of para-hydroxylation sites is 1. The topological polar surface area (TPSA) is 54.0 Å². The number of nitrogens with one attached hydrogen (secondary N) is 2. The molecule has 1 aliphatic carbocycles. The van der Waals surface area contributed by atoms with Gasteiger partial charge in [0.15, 0.2) is 0 Å². The van der Waals surface area contributed by atoms with Crippen molar-refractivity contribution in [2.45, 2.75) is 44.7 Å². The van der Waals surface area contributed by atoms with E-state index in [-0.39, 0.29) is 17.6 Å². The van der Waals surface area contributed by atoms with Crippen LogP contribution < -0.4 is 10.6 Å². The summed E-state index contributed by atoms with van der Waals surface area (Å²) in [5.41, 5.74) is 2.17. The SMILES string of the molecule is Cc1cc(NC2CCC(NC(=O)c3cc(F)cc(F)c3)CC2)nc2ccccc12. The molecule has 4 rings (SSSR count). The Morgan fingerprint density at radius 3 is 2.34 bits per heavy atom. The van der Waals surface area contributed by atoms with Crippen LogP contribution in [-0.2, 0) is 0 Å². The average Bonchev–Trinajstić information content (AvgIpc) is 2.69. The quantitative estimate of drug-likeness (QED) is 0.655. The largest absolute Gasteiger partial charge is 0.367 e. The van der Waals surface area contributed by atoms with Crippen molar-refractivity contribution in [1.29, 1.82) is 0 Å². The van der Waals surface area contributed by atoms with Gasteiger partial charge in [0.25, 0.3) is 5.91 Å². The number of rotatable bonds is 4. The maximum Gasteiger partial charge on any atom is 0.251 e. The molecule has 29 heavy (non-hydrogen) atoms. The summed E-state index contributed by atoms with van der Waals surface area (Å²) in [5.74, 6) is -1.07. The van der Waals surface area contributed by atoms with Crippen LogP contribution >= 0.6 is 0 Å². The van der Waals surface area contributed by atoms with Crippen LogP contribution in [-0.4, -0.2) is 23.0 Å². The average molecular weight is 395 g/mol. The summed E-state index contributed by atoms with van der Waals surface area (Å²) in [5, 5.41) is 7.55. The van der Waals surface area contributed by atoms with E-state index in [1.165, 1.54) is 5.56 Å². The van der Waals surface area contributed by atoms with Crippen molar-refractivity contribution in [3.63, 3.8) is 0 Å². The van der Waals surface area contributed by atoms with E-state index in [0.717, 1.165) is 60.6 Å². The van der Waals surface area contributed by atoms with Crippen molar-refractivity contribution < 1.29 is 13.6 Å². The first-order valence-electron chi connectivity index (χ1n) is 9.88. The van der Waals surface area contributed by atoms with Gasteiger partial charge in [0.05, 0.1) is 5.52 Å². The van der Waals surface area contributed by atoms with Gasteiger partial charge in [-0.05, 0) is 62.4 Å². The van der Waals surface area contributed by atoms with E-state index >= 15 is 0 Å². The molecule has 2 aromatic carbocycles. The number of aryl methyl sites for hydroxylation is 1. The molecule has 0 unspecified atom stereocenters. The fourth-order valence-electron chi connectivity index (χ4n) is 3.97. The molecule has 1 heterocycles. The first-order valence-corrected chi connectivity index (χ1v) is 9.88. The summed E-state index contributed by atoms with van der Waals surface area (Å²) in [6.45, 7) is 2.08. The molecule has 1 saturated carbocycles. The molecular weight excluding hydrogens is 372 g/mol. The lowest BCUT2D eigenvalue weighted by Gasteiger charge is -2.30. The Morgan fingerprint density at radius 1 is 0.966 bits per heavy atom. The van der Waals surface area contributed by atoms with E-state index in [1.807, 2.05) is 18.2 Å². The third-order valence-corrected chi connectivity index (χ3v) is 5.46. The Labute approximate surface area is 168 Å². The lowest BCUT2D eigenvalue weighted by Crippen LogP contribution is -2.40. The molecule has 1 amide bonds. The predicted molar refractivity (Wildman–Crippen MR) is 110 cm³/mol. The zero-order valence-electron chi connectivity index (χ0n) is 16.2. The van der Waals surface area contributed by atoms with Crippen LogP contribution in [0.15, 0.2) is 48.5 Å². The zero-order valence-corrected chi connectivity index (χ0v) is 16.2. The molecule has 4 nitrogen and oxygen atoms in total. The van der Waals surface area contributed by atoms with Gasteiger partial charge < -0.3 is 10.6 Å². The zero-order chi connectivity index (χ0) is 20.4. The van der Waals surface area contributed by atoms with Crippen LogP contribution in [0.25, 0.3) is 10.9 Å². The van der Waals surface area contributed by atoms with Crippen LogP contribution in [0.3, 0.4) is 0 Å². The van der Waals surface area contributed by atoms with Crippen molar-refractivity contribution >= 4 is 22.6 Å². The van der Waals surface area contributed by atoms with Crippen LogP contribution in [0.5, 0.6) is 0 Å². The number of halogens is 2. The van der Waals surface area contributed by atoms with Gasteiger partial charge in [-0.25, -0.2) is 13.8 Å². The van der Waals surface area contributed by atoms with Gasteiger partial charge in [-0.2, -0.15) is 0 Å². The molecule has 0 bridgehead atoms. The summed E-state index contributed by atoms with van der Waals surface area (Å²) in [6.07, 6.45) is 3.37. The highest BCUT2D eigenvalue weighted by molar-refractivity contribution is 5.94. The minimum atomic E-state index is -0.749. The number of hydrogen-bond acceptors (Lipinski definition) is 3. The Balaban J connectivity index is 1.34. The highest BCUT2D eigenvalue weighted by Gasteiger charge is 2.23. The van der Waals surface area contributed by atoms with Gasteiger partial charge in [0.1, 0.15) is 17.5 Å². The number of carbonyl (C=O) groups is 1. The molecule has 0 spiro atoms. The first kappa shape index (κ1) is 19.3. The second-order valence-electron chi connectivity index (χ2n) is 7.67. The minimum absolute atomic E-state index is 0.00169. The van der Waals surface area contributed by atoms with Crippen molar-refractivity contribution in [2.24, 2.45) is 0 Å². The number of amides is 1. The molecule has 0 atom stereocenters. The van der Waals surface area contributed by atoms with Crippen LogP contribution in [0.1, 0.15) is 41.6 Å². The molecule has 3 aromatic rings. The van der Waals surface area contributed by atoms with Gasteiger partial charge in [-0.15, -0.1) is 0 Å². The number of benzene rings is 2. The van der Waals surface area contributed by atoms with Gasteiger partial charge in [0, 0.05) is 29.1 Å². The molecule has 2 N–H and O–H groups in total. The number of nitrogens with zero attached hydrogens (tertiary/aromatic N) is 1. The summed E-state index contributed by atoms with van der Waals surface area (Å²) in [7, 11) is 0. The number of pyridine rings is 1. The third kappa shape index (κ3) is 4.53. The molecular formula is C23H23F2N3O. The molecule has 150 valence electrons. The Bertz CT molecular complexity index is 1030. The van der Waals surface area contributed by atoms with Crippen LogP contribution in [0.2, 0.25) is 0 Å². The molecule has 1 aliphatic rings. The number of anilines is 1. The highest BCUT2D eigenvalue weighted by Crippen LogP contribution is 2.25. The molecule has 0 saturated heterocycles. The predicted octanol–water partition coefficient (Wildman–Crippen LogP) is 4.97. The van der Waals surface area contributed by atoms with Crippen LogP contribution in [0, 0.1) is 18.6 Å². The molecule has 0 aliphatic heterocycles. The van der Waals surface area contributed by atoms with Gasteiger partial charge in [0.2, 0.25) is 0 Å². The number of hydrogen-bond donors (Lipinski definition) is 2. The minimum Gasteiger partial charge on any atom is -0.367 e. The maximum atomic E-state index is 13.3. The summed E-state index contributed by atoms with van der Waals surface area (Å²) < 4.78 is 26.6.